The molecule has 0 aromatic carbocycles. The third-order valence-electron chi connectivity index (χ3n) is 3.60. The molecule has 1 aliphatic heterocycles. The molecule has 1 saturated heterocycles. The molecule has 0 aromatic heterocycles. The molecule has 0 aromatic rings. The van der Waals surface area contributed by atoms with E-state index >= 15 is 0 Å². The van der Waals surface area contributed by atoms with Crippen LogP contribution in [-0.2, 0) is 9.53 Å². The van der Waals surface area contributed by atoms with Crippen LogP contribution >= 0.6 is 0 Å². The molecule has 1 heterocycles. The van der Waals surface area contributed by atoms with Crippen LogP contribution in [0.25, 0.3) is 0 Å². The van der Waals surface area contributed by atoms with Crippen molar-refractivity contribution in [3.8, 4) is 0 Å². The molecule has 2 fully saturated rings. The Labute approximate surface area is 113 Å². The number of rotatable bonds is 2. The fourth-order valence-electron chi connectivity index (χ4n) is 2.52. The molecular weight excluding hydrogens is 248 g/mol. The van der Waals surface area contributed by atoms with Gasteiger partial charge in [-0.15, -0.1) is 0 Å². The first kappa shape index (κ1) is 14.1. The van der Waals surface area contributed by atoms with Gasteiger partial charge in [0.25, 0.3) is 0 Å². The molecule has 0 unspecified atom stereocenters. The van der Waals surface area contributed by atoms with Gasteiger partial charge in [-0.25, -0.2) is 4.79 Å². The van der Waals surface area contributed by atoms with Gasteiger partial charge in [0.05, 0.1) is 6.54 Å². The zero-order valence-corrected chi connectivity index (χ0v) is 11.8. The normalized spacial score (nSPS) is 22.4. The summed E-state index contributed by atoms with van der Waals surface area (Å²) in [6, 6.07) is 0. The van der Waals surface area contributed by atoms with Crippen molar-refractivity contribution in [2.45, 2.75) is 44.8 Å². The standard InChI is InChI=1S/C13H22N2O4/c1-12(2,3)19-11(18)14-6-7-15(8-10(16)17)13(9-14)4-5-13/h4-9H2,1-3H3,(H,16,17). The minimum atomic E-state index is -0.808. The van der Waals surface area contributed by atoms with Crippen molar-refractivity contribution in [1.82, 2.24) is 9.80 Å². The van der Waals surface area contributed by atoms with E-state index < -0.39 is 11.6 Å². The number of amides is 1. The molecular formula is C13H22N2O4. The summed E-state index contributed by atoms with van der Waals surface area (Å²) in [7, 11) is 0. The van der Waals surface area contributed by atoms with E-state index in [-0.39, 0.29) is 18.2 Å². The summed E-state index contributed by atoms with van der Waals surface area (Å²) in [4.78, 5) is 26.6. The van der Waals surface area contributed by atoms with Crippen LogP contribution in [0.1, 0.15) is 33.6 Å². The Bertz CT molecular complexity index is 385. The van der Waals surface area contributed by atoms with E-state index in [1.54, 1.807) is 4.90 Å². The molecule has 1 aliphatic carbocycles. The minimum absolute atomic E-state index is 0.0577. The summed E-state index contributed by atoms with van der Waals surface area (Å²) < 4.78 is 5.37. The summed E-state index contributed by atoms with van der Waals surface area (Å²) in [6.07, 6.45) is 1.62. The predicted octanol–water partition coefficient (Wildman–Crippen LogP) is 1.16. The number of hydrogen-bond acceptors (Lipinski definition) is 4. The molecule has 0 bridgehead atoms. The summed E-state index contributed by atoms with van der Waals surface area (Å²) in [5.41, 5.74) is -0.612. The number of carbonyl (C=O) groups is 2. The van der Waals surface area contributed by atoms with E-state index in [2.05, 4.69) is 0 Å². The highest BCUT2D eigenvalue weighted by Crippen LogP contribution is 2.44. The van der Waals surface area contributed by atoms with Crippen LogP contribution in [0.5, 0.6) is 0 Å². The largest absolute Gasteiger partial charge is 0.480 e. The Morgan fingerprint density at radius 3 is 2.37 bits per heavy atom. The van der Waals surface area contributed by atoms with Crippen LogP contribution in [0.4, 0.5) is 4.79 Å². The Kier molecular flexibility index (Phi) is 3.47. The summed E-state index contributed by atoms with van der Waals surface area (Å²) in [5.74, 6) is -0.808. The molecule has 2 rings (SSSR count). The maximum atomic E-state index is 12.0. The minimum Gasteiger partial charge on any atom is -0.480 e. The number of nitrogens with zero attached hydrogens (tertiary/aromatic N) is 2. The Morgan fingerprint density at radius 2 is 1.89 bits per heavy atom. The average molecular weight is 270 g/mol. The van der Waals surface area contributed by atoms with Crippen LogP contribution in [0.3, 0.4) is 0 Å². The van der Waals surface area contributed by atoms with Crippen molar-refractivity contribution in [3.63, 3.8) is 0 Å². The molecule has 1 spiro atoms. The highest BCUT2D eigenvalue weighted by atomic mass is 16.6. The SMILES string of the molecule is CC(C)(C)OC(=O)N1CCN(CC(=O)O)C2(CC2)C1. The van der Waals surface area contributed by atoms with Gasteiger partial charge in [0.2, 0.25) is 0 Å². The molecule has 0 radical (unpaired) electrons. The molecule has 108 valence electrons. The van der Waals surface area contributed by atoms with Crippen LogP contribution in [0.15, 0.2) is 0 Å². The van der Waals surface area contributed by atoms with Crippen LogP contribution < -0.4 is 0 Å². The van der Waals surface area contributed by atoms with E-state index in [0.717, 1.165) is 12.8 Å². The van der Waals surface area contributed by atoms with Crippen LogP contribution in [0.2, 0.25) is 0 Å². The molecule has 1 amide bonds. The Hall–Kier alpha value is -1.30. The first-order valence-corrected chi connectivity index (χ1v) is 6.67. The van der Waals surface area contributed by atoms with Crippen molar-refractivity contribution in [2.24, 2.45) is 0 Å². The number of piperazine rings is 1. The van der Waals surface area contributed by atoms with Gasteiger partial charge >= 0.3 is 12.1 Å². The van der Waals surface area contributed by atoms with Crippen molar-refractivity contribution < 1.29 is 19.4 Å². The van der Waals surface area contributed by atoms with E-state index in [4.69, 9.17) is 9.84 Å². The maximum Gasteiger partial charge on any atom is 0.410 e. The van der Waals surface area contributed by atoms with Crippen molar-refractivity contribution in [2.75, 3.05) is 26.2 Å². The molecule has 1 saturated carbocycles. The van der Waals surface area contributed by atoms with Crippen LogP contribution in [0, 0.1) is 0 Å². The molecule has 0 atom stereocenters. The van der Waals surface area contributed by atoms with Gasteiger partial charge in [-0.05, 0) is 33.6 Å². The van der Waals surface area contributed by atoms with E-state index in [9.17, 15) is 9.59 Å². The Morgan fingerprint density at radius 1 is 1.26 bits per heavy atom. The average Bonchev–Trinajstić information content (AvgIpc) is 2.99. The number of hydrogen-bond donors (Lipinski definition) is 1. The first-order valence-electron chi connectivity index (χ1n) is 6.67. The van der Waals surface area contributed by atoms with Gasteiger partial charge in [-0.1, -0.05) is 0 Å². The fourth-order valence-corrected chi connectivity index (χ4v) is 2.52. The summed E-state index contributed by atoms with van der Waals surface area (Å²) >= 11 is 0. The third kappa shape index (κ3) is 3.37. The molecule has 19 heavy (non-hydrogen) atoms. The van der Waals surface area contributed by atoms with E-state index in [0.29, 0.717) is 19.6 Å². The van der Waals surface area contributed by atoms with Crippen molar-refractivity contribution in [3.05, 3.63) is 0 Å². The van der Waals surface area contributed by atoms with Gasteiger partial charge in [0.1, 0.15) is 5.60 Å². The number of carbonyl (C=O) groups excluding carboxylic acids is 1. The number of aliphatic carboxylic acids is 1. The topological polar surface area (TPSA) is 70.1 Å². The van der Waals surface area contributed by atoms with Crippen LogP contribution in [-0.4, -0.2) is 64.3 Å². The fraction of sp³-hybridized carbons (Fsp3) is 0.846. The highest BCUT2D eigenvalue weighted by Gasteiger charge is 2.52. The molecule has 6 nitrogen and oxygen atoms in total. The summed E-state index contributed by atoms with van der Waals surface area (Å²) in [6.45, 7) is 7.31. The lowest BCUT2D eigenvalue weighted by atomic mass is 10.1. The lowest BCUT2D eigenvalue weighted by Gasteiger charge is -2.41. The van der Waals surface area contributed by atoms with Gasteiger partial charge in [0.15, 0.2) is 0 Å². The monoisotopic (exact) mass is 270 g/mol. The predicted molar refractivity (Wildman–Crippen MR) is 69.0 cm³/mol. The summed E-state index contributed by atoms with van der Waals surface area (Å²) in [5, 5.41) is 8.91. The molecule has 2 aliphatic rings. The number of carboxylic acids is 1. The quantitative estimate of drug-likeness (QED) is 0.815. The Balaban J connectivity index is 1.95. The van der Waals surface area contributed by atoms with Gasteiger partial charge in [0, 0.05) is 25.2 Å². The second-order valence-corrected chi connectivity index (χ2v) is 6.44. The second kappa shape index (κ2) is 4.67. The smallest absolute Gasteiger partial charge is 0.410 e. The lowest BCUT2D eigenvalue weighted by Crippen LogP contribution is -2.58. The zero-order valence-electron chi connectivity index (χ0n) is 11.8. The van der Waals surface area contributed by atoms with Gasteiger partial charge in [-0.3, -0.25) is 9.69 Å². The first-order chi connectivity index (χ1) is 8.72. The van der Waals surface area contributed by atoms with Gasteiger partial charge < -0.3 is 14.7 Å². The van der Waals surface area contributed by atoms with E-state index in [1.807, 2.05) is 25.7 Å². The number of ether oxygens (including phenoxy) is 1. The lowest BCUT2D eigenvalue weighted by molar-refractivity contribution is -0.139. The number of carboxylic acid groups (broad SMARTS) is 1. The van der Waals surface area contributed by atoms with Crippen molar-refractivity contribution in [1.29, 1.82) is 0 Å². The molecule has 1 N–H and O–H groups in total. The van der Waals surface area contributed by atoms with Crippen molar-refractivity contribution >= 4 is 12.1 Å². The van der Waals surface area contributed by atoms with E-state index in [1.165, 1.54) is 0 Å². The zero-order chi connectivity index (χ0) is 14.3. The maximum absolute atomic E-state index is 12.0. The third-order valence-corrected chi connectivity index (χ3v) is 3.60. The highest BCUT2D eigenvalue weighted by molar-refractivity contribution is 5.70. The second-order valence-electron chi connectivity index (χ2n) is 6.44. The molecule has 6 heteroatoms. The van der Waals surface area contributed by atoms with Gasteiger partial charge in [-0.2, -0.15) is 0 Å².